The van der Waals surface area contributed by atoms with E-state index >= 15 is 0 Å². The first-order valence-electron chi connectivity index (χ1n) is 9.90. The molecule has 3 aliphatic rings. The number of fused-ring (bicyclic) bond motifs is 1. The van der Waals surface area contributed by atoms with Crippen molar-refractivity contribution in [3.05, 3.63) is 71.0 Å². The second kappa shape index (κ2) is 7.75. The van der Waals surface area contributed by atoms with Crippen LogP contribution in [-0.2, 0) is 4.79 Å². The van der Waals surface area contributed by atoms with Crippen molar-refractivity contribution in [1.29, 1.82) is 0 Å². The lowest BCUT2D eigenvalue weighted by Crippen LogP contribution is -2.35. The average Bonchev–Trinajstić information content (AvgIpc) is 3.21. The van der Waals surface area contributed by atoms with Crippen LogP contribution >= 0.6 is 0 Å². The van der Waals surface area contributed by atoms with Crippen molar-refractivity contribution in [2.75, 3.05) is 0 Å². The van der Waals surface area contributed by atoms with Crippen molar-refractivity contribution in [3.8, 4) is 11.8 Å². The van der Waals surface area contributed by atoms with Gasteiger partial charge in [-0.25, -0.2) is 8.78 Å². The third-order valence-corrected chi connectivity index (χ3v) is 5.93. The Hall–Kier alpha value is -2.67. The number of likely N-dealkylation sites (tertiary alicyclic amines) is 1. The van der Waals surface area contributed by atoms with Gasteiger partial charge in [-0.05, 0) is 61.4 Å². The van der Waals surface area contributed by atoms with Crippen molar-refractivity contribution in [1.82, 2.24) is 4.90 Å². The normalized spacial score (nSPS) is 26.8. The van der Waals surface area contributed by atoms with Crippen LogP contribution in [0.25, 0.3) is 0 Å². The molecule has 0 aromatic heterocycles. The van der Waals surface area contributed by atoms with Crippen LogP contribution < -0.4 is 0 Å². The van der Waals surface area contributed by atoms with E-state index in [9.17, 15) is 13.6 Å². The Bertz CT molecular complexity index is 947. The van der Waals surface area contributed by atoms with Gasteiger partial charge < -0.3 is 4.90 Å². The van der Waals surface area contributed by atoms with Gasteiger partial charge >= 0.3 is 0 Å². The molecule has 1 amide bonds. The number of amides is 1. The van der Waals surface area contributed by atoms with Crippen LogP contribution in [0.3, 0.4) is 0 Å². The number of benzene rings is 1. The first-order chi connectivity index (χ1) is 13.5. The van der Waals surface area contributed by atoms with Crippen molar-refractivity contribution < 1.29 is 13.6 Å². The average molecular weight is 379 g/mol. The summed E-state index contributed by atoms with van der Waals surface area (Å²) in [5.74, 6) is 5.55. The van der Waals surface area contributed by atoms with Gasteiger partial charge in [-0.2, -0.15) is 0 Å². The van der Waals surface area contributed by atoms with Crippen LogP contribution in [0.1, 0.15) is 44.6 Å². The predicted molar refractivity (Wildman–Crippen MR) is 105 cm³/mol. The molecule has 28 heavy (non-hydrogen) atoms. The van der Waals surface area contributed by atoms with Gasteiger partial charge in [0.25, 0.3) is 0 Å². The van der Waals surface area contributed by atoms with Gasteiger partial charge in [0.15, 0.2) is 0 Å². The van der Waals surface area contributed by atoms with Gasteiger partial charge in [0.05, 0.1) is 5.56 Å². The standard InChI is InChI=1S/C24H23F2NO/c1-16-4-2-5-17(8-10-18-14-20(25)11-12-21(18)26)9-13-22(16)27-23-7-3-6-19(23)15-24(27)28/h2,5,9,11-14,16,19,23H,3-4,6-7,15H2,1H3. The summed E-state index contributed by atoms with van der Waals surface area (Å²) in [5.41, 5.74) is 1.79. The van der Waals surface area contributed by atoms with Gasteiger partial charge in [-0.1, -0.05) is 37.3 Å². The van der Waals surface area contributed by atoms with Gasteiger partial charge in [-0.3, -0.25) is 4.79 Å². The third kappa shape index (κ3) is 3.67. The number of hydrogen-bond acceptors (Lipinski definition) is 1. The smallest absolute Gasteiger partial charge is 0.227 e. The summed E-state index contributed by atoms with van der Waals surface area (Å²) in [6.07, 6.45) is 12.7. The molecule has 0 radical (unpaired) electrons. The fourth-order valence-corrected chi connectivity index (χ4v) is 4.49. The minimum atomic E-state index is -0.538. The monoisotopic (exact) mass is 379 g/mol. The highest BCUT2D eigenvalue weighted by atomic mass is 19.1. The molecule has 1 aromatic carbocycles. The molecule has 3 unspecified atom stereocenters. The van der Waals surface area contributed by atoms with E-state index in [0.29, 0.717) is 24.0 Å². The molecular weight excluding hydrogens is 356 g/mol. The van der Waals surface area contributed by atoms with Crippen LogP contribution in [-0.4, -0.2) is 16.8 Å². The molecule has 0 N–H and O–H groups in total. The number of carbonyl (C=O) groups excluding carboxylic acids is 1. The maximum atomic E-state index is 13.8. The Morgan fingerprint density at radius 1 is 1.14 bits per heavy atom. The summed E-state index contributed by atoms with van der Waals surface area (Å²) in [6.45, 7) is 2.14. The summed E-state index contributed by atoms with van der Waals surface area (Å²) in [6, 6.07) is 3.59. The van der Waals surface area contributed by atoms with Gasteiger partial charge in [0.2, 0.25) is 5.91 Å². The van der Waals surface area contributed by atoms with Crippen molar-refractivity contribution >= 4 is 5.91 Å². The maximum Gasteiger partial charge on any atom is 0.227 e. The van der Waals surface area contributed by atoms with Crippen LogP contribution in [0.2, 0.25) is 0 Å². The molecule has 0 bridgehead atoms. The van der Waals surface area contributed by atoms with E-state index in [1.165, 1.54) is 6.42 Å². The lowest BCUT2D eigenvalue weighted by Gasteiger charge is -2.30. The van der Waals surface area contributed by atoms with E-state index in [2.05, 4.69) is 18.8 Å². The molecule has 144 valence electrons. The Morgan fingerprint density at radius 3 is 2.86 bits per heavy atom. The molecule has 4 rings (SSSR count). The fraction of sp³-hybridized carbons (Fsp3) is 0.375. The molecule has 1 saturated heterocycles. The van der Waals surface area contributed by atoms with Crippen LogP contribution in [0, 0.1) is 35.3 Å². The van der Waals surface area contributed by atoms with Crippen molar-refractivity contribution in [3.63, 3.8) is 0 Å². The van der Waals surface area contributed by atoms with Gasteiger partial charge in [-0.15, -0.1) is 0 Å². The summed E-state index contributed by atoms with van der Waals surface area (Å²) in [7, 11) is 0. The van der Waals surface area contributed by atoms with E-state index in [0.717, 1.165) is 43.2 Å². The maximum absolute atomic E-state index is 13.8. The summed E-state index contributed by atoms with van der Waals surface area (Å²) >= 11 is 0. The molecule has 1 saturated carbocycles. The quantitative estimate of drug-likeness (QED) is 0.620. The number of carbonyl (C=O) groups is 1. The minimum absolute atomic E-state index is 0.0393. The highest BCUT2D eigenvalue weighted by molar-refractivity contribution is 5.81. The molecule has 2 aliphatic carbocycles. The number of halogens is 2. The Labute approximate surface area is 164 Å². The van der Waals surface area contributed by atoms with E-state index in [4.69, 9.17) is 0 Å². The molecule has 3 atom stereocenters. The van der Waals surface area contributed by atoms with Crippen LogP contribution in [0.4, 0.5) is 8.78 Å². The second-order valence-corrected chi connectivity index (χ2v) is 7.85. The number of rotatable bonds is 1. The zero-order chi connectivity index (χ0) is 19.7. The molecule has 1 heterocycles. The third-order valence-electron chi connectivity index (χ3n) is 5.93. The number of hydrogen-bond donors (Lipinski definition) is 0. The number of allylic oxidation sites excluding steroid dienone is 6. The highest BCUT2D eigenvalue weighted by Gasteiger charge is 2.44. The minimum Gasteiger partial charge on any atom is -0.313 e. The van der Waals surface area contributed by atoms with Gasteiger partial charge in [0, 0.05) is 23.7 Å². The summed E-state index contributed by atoms with van der Waals surface area (Å²) in [4.78, 5) is 14.7. The Morgan fingerprint density at radius 2 is 2.00 bits per heavy atom. The Kier molecular flexibility index (Phi) is 5.17. The van der Waals surface area contributed by atoms with Crippen molar-refractivity contribution in [2.24, 2.45) is 11.8 Å². The van der Waals surface area contributed by atoms with E-state index in [1.54, 1.807) is 0 Å². The predicted octanol–water partition coefficient (Wildman–Crippen LogP) is 5.12. The first kappa shape index (κ1) is 18.7. The van der Waals surface area contributed by atoms with E-state index in [1.807, 2.05) is 29.2 Å². The van der Waals surface area contributed by atoms with E-state index < -0.39 is 11.6 Å². The zero-order valence-electron chi connectivity index (χ0n) is 15.9. The SMILES string of the molecule is CC1CC=CC(C#Cc2cc(F)ccc2F)=CC=C1N1C(=O)CC2CCCC21. The molecule has 0 spiro atoms. The second-order valence-electron chi connectivity index (χ2n) is 7.85. The summed E-state index contributed by atoms with van der Waals surface area (Å²) in [5, 5.41) is 0. The van der Waals surface area contributed by atoms with E-state index in [-0.39, 0.29) is 17.4 Å². The number of nitrogens with zero attached hydrogens (tertiary/aromatic N) is 1. The lowest BCUT2D eigenvalue weighted by atomic mass is 9.97. The molecule has 2 fully saturated rings. The molecule has 2 nitrogen and oxygen atoms in total. The summed E-state index contributed by atoms with van der Waals surface area (Å²) < 4.78 is 27.1. The first-order valence-corrected chi connectivity index (χ1v) is 9.90. The zero-order valence-corrected chi connectivity index (χ0v) is 15.9. The lowest BCUT2D eigenvalue weighted by molar-refractivity contribution is -0.127. The topological polar surface area (TPSA) is 20.3 Å². The largest absolute Gasteiger partial charge is 0.313 e. The molecule has 1 aromatic rings. The fourth-order valence-electron chi connectivity index (χ4n) is 4.49. The Balaban J connectivity index is 1.64. The molecular formula is C24H23F2NO. The van der Waals surface area contributed by atoms with Gasteiger partial charge in [0.1, 0.15) is 11.6 Å². The highest BCUT2D eigenvalue weighted by Crippen LogP contribution is 2.42. The van der Waals surface area contributed by atoms with Crippen molar-refractivity contribution in [2.45, 2.75) is 45.1 Å². The van der Waals surface area contributed by atoms with Crippen LogP contribution in [0.5, 0.6) is 0 Å². The molecule has 4 heteroatoms. The van der Waals surface area contributed by atoms with Crippen LogP contribution in [0.15, 0.2) is 53.8 Å². The molecule has 1 aliphatic heterocycles.